The summed E-state index contributed by atoms with van der Waals surface area (Å²) >= 11 is 0. The molecule has 1 N–H and O–H groups in total. The van der Waals surface area contributed by atoms with Gasteiger partial charge in [-0.1, -0.05) is 13.3 Å². The summed E-state index contributed by atoms with van der Waals surface area (Å²) in [6.45, 7) is 3.74. The van der Waals surface area contributed by atoms with Crippen molar-refractivity contribution in [3.05, 3.63) is 12.2 Å². The van der Waals surface area contributed by atoms with Gasteiger partial charge in [-0.2, -0.15) is 5.10 Å². The molecule has 1 rings (SSSR count). The van der Waals surface area contributed by atoms with Gasteiger partial charge in [0.15, 0.2) is 0 Å². The molecule has 1 aromatic heterocycles. The molecule has 4 heteroatoms. The molecule has 4 nitrogen and oxygen atoms in total. The van der Waals surface area contributed by atoms with Crippen LogP contribution in [-0.4, -0.2) is 28.4 Å². The minimum atomic E-state index is 0.731. The highest BCUT2D eigenvalue weighted by Gasteiger charge is 1.94. The summed E-state index contributed by atoms with van der Waals surface area (Å²) in [5.74, 6) is 0.895. The van der Waals surface area contributed by atoms with Crippen LogP contribution in [0.15, 0.2) is 6.33 Å². The Balaban J connectivity index is 1.96. The van der Waals surface area contributed by atoms with Gasteiger partial charge in [0.2, 0.25) is 0 Å². The standard InChI is InChI=1S/C8H15N3O/c1-2-3-5-12-6-4-8-9-7-10-11-8/h7H,2-6H2,1H3,(H,9,10,11). The summed E-state index contributed by atoms with van der Waals surface area (Å²) in [4.78, 5) is 3.99. The van der Waals surface area contributed by atoms with E-state index in [1.165, 1.54) is 12.7 Å². The first-order valence-electron chi connectivity index (χ1n) is 4.35. The van der Waals surface area contributed by atoms with E-state index in [-0.39, 0.29) is 0 Å². The molecule has 68 valence electrons. The van der Waals surface area contributed by atoms with E-state index in [2.05, 4.69) is 22.1 Å². The van der Waals surface area contributed by atoms with Crippen molar-refractivity contribution in [1.29, 1.82) is 0 Å². The lowest BCUT2D eigenvalue weighted by Crippen LogP contribution is -2.01. The third-order valence-electron chi connectivity index (χ3n) is 1.59. The Morgan fingerprint density at radius 3 is 3.08 bits per heavy atom. The maximum Gasteiger partial charge on any atom is 0.137 e. The van der Waals surface area contributed by atoms with Gasteiger partial charge in [-0.3, -0.25) is 5.10 Å². The summed E-state index contributed by atoms with van der Waals surface area (Å²) in [7, 11) is 0. The summed E-state index contributed by atoms with van der Waals surface area (Å²) in [6, 6.07) is 0. The van der Waals surface area contributed by atoms with Gasteiger partial charge < -0.3 is 4.74 Å². The normalized spacial score (nSPS) is 10.4. The third-order valence-corrected chi connectivity index (χ3v) is 1.59. The first kappa shape index (κ1) is 9.19. The van der Waals surface area contributed by atoms with E-state index in [1.54, 1.807) is 0 Å². The summed E-state index contributed by atoms with van der Waals surface area (Å²) < 4.78 is 5.36. The molecular formula is C8H15N3O. The van der Waals surface area contributed by atoms with E-state index < -0.39 is 0 Å². The van der Waals surface area contributed by atoms with Crippen molar-refractivity contribution in [3.63, 3.8) is 0 Å². The number of ether oxygens (including phenoxy) is 1. The molecule has 12 heavy (non-hydrogen) atoms. The zero-order valence-corrected chi connectivity index (χ0v) is 7.42. The van der Waals surface area contributed by atoms with Crippen LogP contribution < -0.4 is 0 Å². The number of nitrogens with zero attached hydrogens (tertiary/aromatic N) is 2. The molecule has 0 fully saturated rings. The van der Waals surface area contributed by atoms with E-state index in [9.17, 15) is 0 Å². The van der Waals surface area contributed by atoms with Crippen LogP contribution in [0.1, 0.15) is 25.6 Å². The number of aromatic nitrogens is 3. The van der Waals surface area contributed by atoms with Crippen LogP contribution in [0.2, 0.25) is 0 Å². The van der Waals surface area contributed by atoms with Gasteiger partial charge in [0.05, 0.1) is 6.61 Å². The number of hydrogen-bond donors (Lipinski definition) is 1. The predicted octanol–water partition coefficient (Wildman–Crippen LogP) is 1.16. The van der Waals surface area contributed by atoms with Gasteiger partial charge in [-0.25, -0.2) is 4.98 Å². The van der Waals surface area contributed by atoms with Crippen molar-refractivity contribution in [2.45, 2.75) is 26.2 Å². The molecule has 0 radical (unpaired) electrons. The Bertz CT molecular complexity index is 186. The molecule has 0 saturated heterocycles. The third kappa shape index (κ3) is 3.48. The summed E-state index contributed by atoms with van der Waals surface area (Å²) in [5.41, 5.74) is 0. The van der Waals surface area contributed by atoms with E-state index in [4.69, 9.17) is 4.74 Å². The van der Waals surface area contributed by atoms with Crippen LogP contribution in [-0.2, 0) is 11.2 Å². The van der Waals surface area contributed by atoms with E-state index in [1.807, 2.05) is 0 Å². The van der Waals surface area contributed by atoms with E-state index >= 15 is 0 Å². The number of H-pyrrole nitrogens is 1. The molecule has 1 heterocycles. The predicted molar refractivity (Wildman–Crippen MR) is 45.8 cm³/mol. The molecule has 0 amide bonds. The molecule has 1 aromatic rings. The van der Waals surface area contributed by atoms with Crippen LogP contribution in [0.25, 0.3) is 0 Å². The van der Waals surface area contributed by atoms with Gasteiger partial charge in [-0.05, 0) is 6.42 Å². The maximum atomic E-state index is 5.36. The SMILES string of the molecule is CCCCOCCc1ncn[nH]1. The second-order valence-electron chi connectivity index (χ2n) is 2.65. The molecule has 0 aliphatic carbocycles. The first-order valence-corrected chi connectivity index (χ1v) is 4.35. The van der Waals surface area contributed by atoms with Crippen molar-refractivity contribution >= 4 is 0 Å². The van der Waals surface area contributed by atoms with Crippen LogP contribution in [0.3, 0.4) is 0 Å². The summed E-state index contributed by atoms with van der Waals surface area (Å²) in [5, 5.41) is 6.53. The van der Waals surface area contributed by atoms with E-state index in [0.29, 0.717) is 0 Å². The zero-order chi connectivity index (χ0) is 8.65. The average Bonchev–Trinajstić information content (AvgIpc) is 2.57. The highest BCUT2D eigenvalue weighted by atomic mass is 16.5. The lowest BCUT2D eigenvalue weighted by atomic mass is 10.4. The number of nitrogens with one attached hydrogen (secondary N) is 1. The van der Waals surface area contributed by atoms with Crippen molar-refractivity contribution in [2.75, 3.05) is 13.2 Å². The Morgan fingerprint density at radius 1 is 1.50 bits per heavy atom. The lowest BCUT2D eigenvalue weighted by Gasteiger charge is -1.99. The van der Waals surface area contributed by atoms with Crippen molar-refractivity contribution in [2.24, 2.45) is 0 Å². The first-order chi connectivity index (χ1) is 5.93. The lowest BCUT2D eigenvalue weighted by molar-refractivity contribution is 0.133. The van der Waals surface area contributed by atoms with Crippen LogP contribution in [0, 0.1) is 0 Å². The molecule has 0 spiro atoms. The topological polar surface area (TPSA) is 50.8 Å². The maximum absolute atomic E-state index is 5.36. The molecule has 0 unspecified atom stereocenters. The molecule has 0 atom stereocenters. The fraction of sp³-hybridized carbons (Fsp3) is 0.750. The summed E-state index contributed by atoms with van der Waals surface area (Å²) in [6.07, 6.45) is 4.66. The molecule has 0 bridgehead atoms. The van der Waals surface area contributed by atoms with Crippen molar-refractivity contribution in [3.8, 4) is 0 Å². The molecule has 0 aliphatic heterocycles. The quantitative estimate of drug-likeness (QED) is 0.650. The van der Waals surface area contributed by atoms with Crippen LogP contribution in [0.4, 0.5) is 0 Å². The van der Waals surface area contributed by atoms with Crippen LogP contribution >= 0.6 is 0 Å². The van der Waals surface area contributed by atoms with Gasteiger partial charge in [0.25, 0.3) is 0 Å². The Labute approximate surface area is 72.4 Å². The smallest absolute Gasteiger partial charge is 0.137 e. The molecular weight excluding hydrogens is 154 g/mol. The zero-order valence-electron chi connectivity index (χ0n) is 7.42. The second-order valence-corrected chi connectivity index (χ2v) is 2.65. The van der Waals surface area contributed by atoms with Gasteiger partial charge >= 0.3 is 0 Å². The molecule has 0 saturated carbocycles. The Hall–Kier alpha value is -0.900. The monoisotopic (exact) mass is 169 g/mol. The largest absolute Gasteiger partial charge is 0.381 e. The van der Waals surface area contributed by atoms with Gasteiger partial charge in [0.1, 0.15) is 12.2 Å². The van der Waals surface area contributed by atoms with E-state index in [0.717, 1.165) is 31.9 Å². The number of unbranched alkanes of at least 4 members (excludes halogenated alkanes) is 1. The molecule has 0 aliphatic rings. The fourth-order valence-corrected chi connectivity index (χ4v) is 0.869. The highest BCUT2D eigenvalue weighted by Crippen LogP contribution is 1.91. The molecule has 0 aromatic carbocycles. The average molecular weight is 169 g/mol. The minimum absolute atomic E-state index is 0.731. The van der Waals surface area contributed by atoms with Crippen LogP contribution in [0.5, 0.6) is 0 Å². The highest BCUT2D eigenvalue weighted by molar-refractivity contribution is 4.78. The Kier molecular flexibility index (Phi) is 4.37. The minimum Gasteiger partial charge on any atom is -0.381 e. The van der Waals surface area contributed by atoms with Gasteiger partial charge in [-0.15, -0.1) is 0 Å². The number of rotatable bonds is 6. The second kappa shape index (κ2) is 5.71. The Morgan fingerprint density at radius 2 is 2.42 bits per heavy atom. The number of hydrogen-bond acceptors (Lipinski definition) is 3. The fourth-order valence-electron chi connectivity index (χ4n) is 0.869. The van der Waals surface area contributed by atoms with Gasteiger partial charge in [0, 0.05) is 13.0 Å². The van der Waals surface area contributed by atoms with Crippen molar-refractivity contribution in [1.82, 2.24) is 15.2 Å². The number of aromatic amines is 1. The van der Waals surface area contributed by atoms with Crippen molar-refractivity contribution < 1.29 is 4.74 Å².